The third kappa shape index (κ3) is 5.04. The molecule has 1 amide bonds. The van der Waals surface area contributed by atoms with Gasteiger partial charge in [-0.3, -0.25) is 10.1 Å². The molecule has 27 heavy (non-hydrogen) atoms. The van der Waals surface area contributed by atoms with Crippen molar-refractivity contribution in [1.29, 1.82) is 0 Å². The van der Waals surface area contributed by atoms with Crippen LogP contribution in [0.15, 0.2) is 54.6 Å². The van der Waals surface area contributed by atoms with Crippen LogP contribution in [0.1, 0.15) is 18.4 Å². The maximum Gasteiger partial charge on any atom is 0.415 e. The van der Waals surface area contributed by atoms with Gasteiger partial charge in [-0.1, -0.05) is 30.3 Å². The van der Waals surface area contributed by atoms with Crippen LogP contribution in [0.25, 0.3) is 0 Å². The number of amides is 1. The van der Waals surface area contributed by atoms with E-state index in [9.17, 15) is 14.9 Å². The van der Waals surface area contributed by atoms with Gasteiger partial charge in [-0.05, 0) is 50.7 Å². The average Bonchev–Trinajstić information content (AvgIpc) is 2.68. The van der Waals surface area contributed by atoms with Gasteiger partial charge in [-0.15, -0.1) is 0 Å². The van der Waals surface area contributed by atoms with Gasteiger partial charge in [0.25, 0.3) is 5.69 Å². The van der Waals surface area contributed by atoms with Gasteiger partial charge >= 0.3 is 6.09 Å². The minimum atomic E-state index is -0.480. The van der Waals surface area contributed by atoms with Crippen LogP contribution < -0.4 is 4.74 Å². The quantitative estimate of drug-likeness (QED) is 0.593. The van der Waals surface area contributed by atoms with Gasteiger partial charge in [0.1, 0.15) is 5.75 Å². The van der Waals surface area contributed by atoms with E-state index in [0.717, 1.165) is 31.5 Å². The summed E-state index contributed by atoms with van der Waals surface area (Å²) < 4.78 is 5.51. The Morgan fingerprint density at radius 3 is 2.37 bits per heavy atom. The van der Waals surface area contributed by atoms with Crippen molar-refractivity contribution in [1.82, 2.24) is 9.80 Å². The molecule has 1 saturated heterocycles. The highest BCUT2D eigenvalue weighted by atomic mass is 16.6. The molecule has 0 spiro atoms. The predicted octanol–water partition coefficient (Wildman–Crippen LogP) is 3.69. The fraction of sp³-hybridized carbons (Fsp3) is 0.350. The van der Waals surface area contributed by atoms with E-state index in [2.05, 4.69) is 11.9 Å². The van der Waals surface area contributed by atoms with Crippen molar-refractivity contribution in [2.75, 3.05) is 20.1 Å². The number of piperidine rings is 1. The number of nitro benzene ring substituents is 1. The molecular weight excluding hydrogens is 346 g/mol. The van der Waals surface area contributed by atoms with Gasteiger partial charge in [-0.2, -0.15) is 0 Å². The molecule has 0 N–H and O–H groups in total. The summed E-state index contributed by atoms with van der Waals surface area (Å²) >= 11 is 0. The molecular formula is C20H23N3O4. The van der Waals surface area contributed by atoms with E-state index in [0.29, 0.717) is 12.3 Å². The number of hydrogen-bond acceptors (Lipinski definition) is 5. The minimum Gasteiger partial charge on any atom is -0.410 e. The van der Waals surface area contributed by atoms with Crippen LogP contribution in [0.5, 0.6) is 5.75 Å². The maximum absolute atomic E-state index is 12.9. The Kier molecular flexibility index (Phi) is 6.03. The van der Waals surface area contributed by atoms with E-state index in [4.69, 9.17) is 4.74 Å². The number of nitrogens with zero attached hydrogens (tertiary/aromatic N) is 3. The van der Waals surface area contributed by atoms with E-state index in [1.54, 1.807) is 4.90 Å². The average molecular weight is 369 g/mol. The molecule has 0 atom stereocenters. The standard InChI is InChI=1S/C20H23N3O4/c1-21-13-11-17(12-14-21)22(15-16-5-3-2-4-6-16)20(24)27-19-9-7-18(8-10-19)23(25)26/h2-10,17H,11-15H2,1H3. The second kappa shape index (κ2) is 8.64. The lowest BCUT2D eigenvalue weighted by molar-refractivity contribution is -0.384. The molecule has 0 aromatic heterocycles. The predicted molar refractivity (Wildman–Crippen MR) is 102 cm³/mol. The minimum absolute atomic E-state index is 0.0359. The van der Waals surface area contributed by atoms with Crippen molar-refractivity contribution in [2.45, 2.75) is 25.4 Å². The lowest BCUT2D eigenvalue weighted by Gasteiger charge is -2.36. The molecule has 1 aliphatic rings. The zero-order chi connectivity index (χ0) is 19.2. The highest BCUT2D eigenvalue weighted by Crippen LogP contribution is 2.22. The normalized spacial score (nSPS) is 15.3. The number of likely N-dealkylation sites (tertiary alicyclic amines) is 1. The first kappa shape index (κ1) is 18.8. The summed E-state index contributed by atoms with van der Waals surface area (Å²) in [5.74, 6) is 0.302. The topological polar surface area (TPSA) is 75.9 Å². The van der Waals surface area contributed by atoms with E-state index < -0.39 is 11.0 Å². The first-order chi connectivity index (χ1) is 13.0. The molecule has 0 aliphatic carbocycles. The molecule has 1 fully saturated rings. The van der Waals surface area contributed by atoms with E-state index in [1.165, 1.54) is 24.3 Å². The zero-order valence-corrected chi connectivity index (χ0v) is 15.3. The summed E-state index contributed by atoms with van der Waals surface area (Å²) in [6.07, 6.45) is 1.35. The molecule has 2 aromatic rings. The van der Waals surface area contributed by atoms with E-state index in [-0.39, 0.29) is 11.7 Å². The highest BCUT2D eigenvalue weighted by Gasteiger charge is 2.28. The summed E-state index contributed by atoms with van der Waals surface area (Å²) in [6, 6.07) is 15.5. The van der Waals surface area contributed by atoms with Gasteiger partial charge in [-0.25, -0.2) is 4.79 Å². The van der Waals surface area contributed by atoms with Gasteiger partial charge in [0.15, 0.2) is 0 Å². The molecule has 0 saturated carbocycles. The van der Waals surface area contributed by atoms with Crippen LogP contribution >= 0.6 is 0 Å². The number of rotatable bonds is 5. The van der Waals surface area contributed by atoms with Crippen molar-refractivity contribution < 1.29 is 14.5 Å². The molecule has 1 aliphatic heterocycles. The summed E-state index contributed by atoms with van der Waals surface area (Å²) in [5.41, 5.74) is 1.00. The third-order valence-corrected chi connectivity index (χ3v) is 4.81. The second-order valence-corrected chi connectivity index (χ2v) is 6.77. The van der Waals surface area contributed by atoms with Gasteiger partial charge in [0.05, 0.1) is 4.92 Å². The monoisotopic (exact) mass is 369 g/mol. The summed E-state index contributed by atoms with van der Waals surface area (Å²) in [7, 11) is 2.08. The van der Waals surface area contributed by atoms with Crippen LogP contribution in [0.4, 0.5) is 10.5 Å². The van der Waals surface area contributed by atoms with E-state index in [1.807, 2.05) is 30.3 Å². The van der Waals surface area contributed by atoms with Gasteiger partial charge in [0.2, 0.25) is 0 Å². The molecule has 1 heterocycles. The van der Waals surface area contributed by atoms with Crippen molar-refractivity contribution in [3.63, 3.8) is 0 Å². The fourth-order valence-electron chi connectivity index (χ4n) is 3.22. The number of benzene rings is 2. The van der Waals surface area contributed by atoms with Crippen LogP contribution in [-0.4, -0.2) is 47.0 Å². The number of carbonyl (C=O) groups excluding carboxylic acids is 1. The summed E-state index contributed by atoms with van der Waals surface area (Å²) in [5, 5.41) is 10.8. The van der Waals surface area contributed by atoms with Crippen LogP contribution in [0.3, 0.4) is 0 Å². The molecule has 7 heteroatoms. The third-order valence-electron chi connectivity index (χ3n) is 4.81. The van der Waals surface area contributed by atoms with Crippen molar-refractivity contribution >= 4 is 11.8 Å². The lowest BCUT2D eigenvalue weighted by Crippen LogP contribution is -2.47. The smallest absolute Gasteiger partial charge is 0.410 e. The summed E-state index contributed by atoms with van der Waals surface area (Å²) in [4.78, 5) is 27.2. The van der Waals surface area contributed by atoms with Crippen LogP contribution in [0, 0.1) is 10.1 Å². The van der Waals surface area contributed by atoms with Crippen LogP contribution in [-0.2, 0) is 6.54 Å². The van der Waals surface area contributed by atoms with E-state index >= 15 is 0 Å². The van der Waals surface area contributed by atoms with Gasteiger partial charge < -0.3 is 14.5 Å². The molecule has 0 radical (unpaired) electrons. The Morgan fingerprint density at radius 1 is 1.15 bits per heavy atom. The molecule has 2 aromatic carbocycles. The molecule has 7 nitrogen and oxygen atoms in total. The lowest BCUT2D eigenvalue weighted by atomic mass is 10.0. The number of ether oxygens (including phenoxy) is 1. The van der Waals surface area contributed by atoms with Crippen molar-refractivity contribution in [3.05, 3.63) is 70.3 Å². The fourth-order valence-corrected chi connectivity index (χ4v) is 3.22. The number of non-ortho nitro benzene ring substituents is 1. The number of hydrogen-bond donors (Lipinski definition) is 0. The van der Waals surface area contributed by atoms with Crippen LogP contribution in [0.2, 0.25) is 0 Å². The SMILES string of the molecule is CN1CCC(N(Cc2ccccc2)C(=O)Oc2ccc([N+](=O)[O-])cc2)CC1. The highest BCUT2D eigenvalue weighted by molar-refractivity contribution is 5.71. The Labute approximate surface area is 158 Å². The molecule has 142 valence electrons. The first-order valence-corrected chi connectivity index (χ1v) is 8.98. The number of carbonyl (C=O) groups is 1. The Morgan fingerprint density at radius 2 is 1.78 bits per heavy atom. The Bertz CT molecular complexity index is 772. The molecule has 3 rings (SSSR count). The Balaban J connectivity index is 1.74. The largest absolute Gasteiger partial charge is 0.415 e. The zero-order valence-electron chi connectivity index (χ0n) is 15.3. The van der Waals surface area contributed by atoms with Crippen molar-refractivity contribution in [3.8, 4) is 5.75 Å². The summed E-state index contributed by atoms with van der Waals surface area (Å²) in [6.45, 7) is 2.34. The number of nitro groups is 1. The van der Waals surface area contributed by atoms with Crippen molar-refractivity contribution in [2.24, 2.45) is 0 Å². The Hall–Kier alpha value is -2.93. The molecule has 0 unspecified atom stereocenters. The first-order valence-electron chi connectivity index (χ1n) is 8.98. The maximum atomic E-state index is 12.9. The second-order valence-electron chi connectivity index (χ2n) is 6.77. The van der Waals surface area contributed by atoms with Gasteiger partial charge in [0, 0.05) is 24.7 Å². The molecule has 0 bridgehead atoms.